The number of rotatable bonds is 5. The second-order valence-corrected chi connectivity index (χ2v) is 13.3. The van der Waals surface area contributed by atoms with E-state index in [0.717, 1.165) is 105 Å². The maximum absolute atomic E-state index is 6.48. The maximum Gasteiger partial charge on any atom is 0.136 e. The summed E-state index contributed by atoms with van der Waals surface area (Å²) in [6.07, 6.45) is 0. The minimum Gasteiger partial charge on any atom is -0.456 e. The first-order chi connectivity index (χ1) is 25.8. The lowest BCUT2D eigenvalue weighted by atomic mass is 10.00. The van der Waals surface area contributed by atoms with Crippen LogP contribution in [0.5, 0.6) is 0 Å². The van der Waals surface area contributed by atoms with E-state index in [9.17, 15) is 0 Å². The molecule has 0 spiro atoms. The van der Waals surface area contributed by atoms with Crippen molar-refractivity contribution in [2.75, 3.05) is 4.90 Å². The number of nitrogens with zero attached hydrogens (tertiary/aromatic N) is 1. The molecule has 0 unspecified atom stereocenters. The SMILES string of the molecule is c1ccc(-c2ccccc2N(c2ccc(-c3ccc4c(c3)oc3ccc5oc6ccccc6c5c34)cc2)c2ccc3oc4ccccc4c3c2)cc1. The standard InChI is InChI=1S/C48H29NO3/c1-2-10-31(11-3-1)35-12-4-7-15-40(35)49(34-23-25-43-39(29-34)36-13-5-8-16-41(36)50-43)33-21-18-30(19-22-33)32-20-24-38-46(28-32)52-45-27-26-44-47(48(38)45)37-14-6-9-17-42(37)51-44/h1-29H. The smallest absolute Gasteiger partial charge is 0.136 e. The van der Waals surface area contributed by atoms with Crippen LogP contribution < -0.4 is 4.90 Å². The average Bonchev–Trinajstić information content (AvgIpc) is 3.89. The van der Waals surface area contributed by atoms with Crippen LogP contribution in [0.3, 0.4) is 0 Å². The molecule has 8 aromatic carbocycles. The molecule has 4 heteroatoms. The van der Waals surface area contributed by atoms with E-state index >= 15 is 0 Å². The van der Waals surface area contributed by atoms with Gasteiger partial charge in [0.2, 0.25) is 0 Å². The van der Waals surface area contributed by atoms with E-state index in [0.29, 0.717) is 0 Å². The largest absolute Gasteiger partial charge is 0.456 e. The molecular formula is C48H29NO3. The number of para-hydroxylation sites is 3. The van der Waals surface area contributed by atoms with Gasteiger partial charge in [0.15, 0.2) is 0 Å². The molecule has 0 radical (unpaired) electrons. The van der Waals surface area contributed by atoms with Gasteiger partial charge in [0, 0.05) is 49.3 Å². The summed E-state index contributed by atoms with van der Waals surface area (Å²) < 4.78 is 18.9. The van der Waals surface area contributed by atoms with Crippen LogP contribution in [0.25, 0.3) is 88.1 Å². The predicted molar refractivity (Wildman–Crippen MR) is 214 cm³/mol. The van der Waals surface area contributed by atoms with Gasteiger partial charge < -0.3 is 18.2 Å². The molecule has 0 saturated carbocycles. The van der Waals surface area contributed by atoms with Gasteiger partial charge in [-0.15, -0.1) is 0 Å². The van der Waals surface area contributed by atoms with Crippen molar-refractivity contribution in [3.05, 3.63) is 176 Å². The van der Waals surface area contributed by atoms with Crippen LogP contribution in [-0.4, -0.2) is 0 Å². The molecule has 4 nitrogen and oxygen atoms in total. The highest BCUT2D eigenvalue weighted by molar-refractivity contribution is 6.25. The minimum atomic E-state index is 0.855. The summed E-state index contributed by atoms with van der Waals surface area (Å²) in [6, 6.07) is 61.4. The molecule has 0 fully saturated rings. The van der Waals surface area contributed by atoms with Crippen LogP contribution in [0.1, 0.15) is 0 Å². The minimum absolute atomic E-state index is 0.855. The number of furan rings is 3. The maximum atomic E-state index is 6.48. The first kappa shape index (κ1) is 28.8. The predicted octanol–water partition coefficient (Wildman–Crippen LogP) is 14.2. The summed E-state index contributed by atoms with van der Waals surface area (Å²) >= 11 is 0. The fourth-order valence-corrected chi connectivity index (χ4v) is 7.88. The zero-order chi connectivity index (χ0) is 34.2. The fourth-order valence-electron chi connectivity index (χ4n) is 7.88. The molecule has 0 N–H and O–H groups in total. The van der Waals surface area contributed by atoms with E-state index in [-0.39, 0.29) is 0 Å². The number of benzene rings is 8. The van der Waals surface area contributed by atoms with E-state index in [2.05, 4.69) is 144 Å². The molecule has 0 aliphatic heterocycles. The summed E-state index contributed by atoms with van der Waals surface area (Å²) in [5.41, 5.74) is 12.9. The zero-order valence-corrected chi connectivity index (χ0v) is 27.9. The molecule has 0 aliphatic rings. The second kappa shape index (κ2) is 11.2. The van der Waals surface area contributed by atoms with Crippen LogP contribution in [-0.2, 0) is 0 Å². The Hall–Kier alpha value is -7.04. The van der Waals surface area contributed by atoms with Crippen molar-refractivity contribution in [2.24, 2.45) is 0 Å². The molecule has 3 aromatic heterocycles. The molecule has 11 aromatic rings. The summed E-state index contributed by atoms with van der Waals surface area (Å²) in [6.45, 7) is 0. The molecule has 0 atom stereocenters. The summed E-state index contributed by atoms with van der Waals surface area (Å²) in [7, 11) is 0. The molecule has 0 amide bonds. The highest BCUT2D eigenvalue weighted by atomic mass is 16.3. The second-order valence-electron chi connectivity index (χ2n) is 13.3. The molecule has 52 heavy (non-hydrogen) atoms. The van der Waals surface area contributed by atoms with Gasteiger partial charge in [-0.1, -0.05) is 103 Å². The van der Waals surface area contributed by atoms with Crippen LogP contribution in [0.15, 0.2) is 189 Å². The van der Waals surface area contributed by atoms with Gasteiger partial charge in [-0.25, -0.2) is 0 Å². The summed E-state index contributed by atoms with van der Waals surface area (Å²) in [4.78, 5) is 2.34. The van der Waals surface area contributed by atoms with Crippen molar-refractivity contribution in [3.63, 3.8) is 0 Å². The van der Waals surface area contributed by atoms with E-state index < -0.39 is 0 Å². The first-order valence-electron chi connectivity index (χ1n) is 17.5. The topological polar surface area (TPSA) is 42.7 Å². The van der Waals surface area contributed by atoms with Gasteiger partial charge in [-0.3, -0.25) is 0 Å². The van der Waals surface area contributed by atoms with E-state index in [1.54, 1.807) is 0 Å². The molecule has 3 heterocycles. The number of hydrogen-bond donors (Lipinski definition) is 0. The third kappa shape index (κ3) is 4.41. The lowest BCUT2D eigenvalue weighted by Crippen LogP contribution is -2.11. The van der Waals surface area contributed by atoms with E-state index in [1.807, 2.05) is 36.4 Å². The normalized spacial score (nSPS) is 11.8. The van der Waals surface area contributed by atoms with Crippen LogP contribution in [0.2, 0.25) is 0 Å². The number of hydrogen-bond acceptors (Lipinski definition) is 4. The Balaban J connectivity index is 1.04. The third-order valence-corrected chi connectivity index (χ3v) is 10.3. The summed E-state index contributed by atoms with van der Waals surface area (Å²) in [5.74, 6) is 0. The molecule has 244 valence electrons. The van der Waals surface area contributed by atoms with Gasteiger partial charge in [0.05, 0.1) is 5.69 Å². The Morgan fingerprint density at radius 2 is 0.865 bits per heavy atom. The Morgan fingerprint density at radius 3 is 1.67 bits per heavy atom. The molecule has 0 aliphatic carbocycles. The Kier molecular flexibility index (Phi) is 6.22. The lowest BCUT2D eigenvalue weighted by Gasteiger charge is -2.28. The van der Waals surface area contributed by atoms with Gasteiger partial charge in [0.1, 0.15) is 33.5 Å². The zero-order valence-electron chi connectivity index (χ0n) is 27.9. The number of fused-ring (bicyclic) bond motifs is 10. The first-order valence-corrected chi connectivity index (χ1v) is 17.5. The lowest BCUT2D eigenvalue weighted by molar-refractivity contribution is 0.663. The highest BCUT2D eigenvalue weighted by Gasteiger charge is 2.20. The average molecular weight is 668 g/mol. The number of anilines is 3. The quantitative estimate of drug-likeness (QED) is 0.183. The Labute approximate surface area is 298 Å². The van der Waals surface area contributed by atoms with Gasteiger partial charge in [-0.2, -0.15) is 0 Å². The van der Waals surface area contributed by atoms with Crippen molar-refractivity contribution in [3.8, 4) is 22.3 Å². The van der Waals surface area contributed by atoms with Gasteiger partial charge >= 0.3 is 0 Å². The van der Waals surface area contributed by atoms with E-state index in [1.165, 1.54) is 0 Å². The molecular weight excluding hydrogens is 639 g/mol. The molecule has 0 saturated heterocycles. The Bertz CT molecular complexity index is 3130. The molecule has 11 rings (SSSR count). The van der Waals surface area contributed by atoms with Crippen LogP contribution in [0, 0.1) is 0 Å². The van der Waals surface area contributed by atoms with Crippen molar-refractivity contribution in [2.45, 2.75) is 0 Å². The van der Waals surface area contributed by atoms with Crippen LogP contribution in [0.4, 0.5) is 17.1 Å². The van der Waals surface area contributed by atoms with Gasteiger partial charge in [-0.05, 0) is 89.5 Å². The van der Waals surface area contributed by atoms with Crippen molar-refractivity contribution in [1.82, 2.24) is 0 Å². The van der Waals surface area contributed by atoms with E-state index in [4.69, 9.17) is 13.3 Å². The van der Waals surface area contributed by atoms with Gasteiger partial charge in [0.25, 0.3) is 0 Å². The fraction of sp³-hybridized carbons (Fsp3) is 0. The van der Waals surface area contributed by atoms with Crippen molar-refractivity contribution < 1.29 is 13.3 Å². The molecule has 0 bridgehead atoms. The van der Waals surface area contributed by atoms with Crippen LogP contribution >= 0.6 is 0 Å². The Morgan fingerprint density at radius 1 is 0.308 bits per heavy atom. The monoisotopic (exact) mass is 667 g/mol. The highest BCUT2D eigenvalue weighted by Crippen LogP contribution is 2.44. The van der Waals surface area contributed by atoms with Crippen molar-refractivity contribution in [1.29, 1.82) is 0 Å². The van der Waals surface area contributed by atoms with Crippen molar-refractivity contribution >= 4 is 82.9 Å². The third-order valence-electron chi connectivity index (χ3n) is 10.3. The summed E-state index contributed by atoms with van der Waals surface area (Å²) in [5, 5.41) is 6.57.